The van der Waals surface area contributed by atoms with E-state index in [0.717, 1.165) is 60.5 Å². The molecule has 1 aromatic carbocycles. The van der Waals surface area contributed by atoms with Crippen LogP contribution in [0.2, 0.25) is 5.02 Å². The normalized spacial score (nSPS) is 16.0. The molecule has 2 rings (SSSR count). The average molecular weight is 377 g/mol. The van der Waals surface area contributed by atoms with E-state index in [1.165, 1.54) is 0 Å². The Hall–Kier alpha value is -0.620. The van der Waals surface area contributed by atoms with E-state index in [-0.39, 0.29) is 0 Å². The lowest BCUT2D eigenvalue weighted by molar-refractivity contribution is -0.107. The van der Waals surface area contributed by atoms with Gasteiger partial charge in [-0.1, -0.05) is 11.6 Å². The van der Waals surface area contributed by atoms with Crippen molar-refractivity contribution in [2.75, 3.05) is 39.5 Å². The SMILES string of the molecule is Cc1c(Cl)cc(CC=O)c(OCCN2CCOCC2)c1Br. The highest BCUT2D eigenvalue weighted by atomic mass is 79.9. The lowest BCUT2D eigenvalue weighted by Crippen LogP contribution is -2.38. The maximum absolute atomic E-state index is 10.8. The first-order chi connectivity index (χ1) is 10.1. The molecule has 1 aliphatic heterocycles. The lowest BCUT2D eigenvalue weighted by atomic mass is 10.1. The third-order valence-corrected chi connectivity index (χ3v) is 4.89. The number of halogens is 2. The van der Waals surface area contributed by atoms with E-state index in [0.29, 0.717) is 18.1 Å². The summed E-state index contributed by atoms with van der Waals surface area (Å²) in [7, 11) is 0. The van der Waals surface area contributed by atoms with Gasteiger partial charge in [-0.2, -0.15) is 0 Å². The molecule has 1 fully saturated rings. The van der Waals surface area contributed by atoms with Gasteiger partial charge in [-0.25, -0.2) is 0 Å². The molecule has 21 heavy (non-hydrogen) atoms. The van der Waals surface area contributed by atoms with Crippen LogP contribution in [-0.2, 0) is 16.0 Å². The summed E-state index contributed by atoms with van der Waals surface area (Å²) in [5.74, 6) is 0.720. The van der Waals surface area contributed by atoms with E-state index in [4.69, 9.17) is 21.1 Å². The minimum Gasteiger partial charge on any atom is -0.491 e. The number of hydrogen-bond acceptors (Lipinski definition) is 4. The number of ether oxygens (including phenoxy) is 2. The molecule has 0 bridgehead atoms. The summed E-state index contributed by atoms with van der Waals surface area (Å²) >= 11 is 9.68. The molecule has 0 saturated carbocycles. The average Bonchev–Trinajstić information content (AvgIpc) is 2.49. The number of rotatable bonds is 6. The van der Waals surface area contributed by atoms with Crippen LogP contribution in [0, 0.1) is 6.92 Å². The van der Waals surface area contributed by atoms with Gasteiger partial charge in [0.1, 0.15) is 18.6 Å². The summed E-state index contributed by atoms with van der Waals surface area (Å²) in [4.78, 5) is 13.1. The Labute approximate surface area is 138 Å². The molecular formula is C15H19BrClNO3. The van der Waals surface area contributed by atoms with Gasteiger partial charge in [0.15, 0.2) is 0 Å². The summed E-state index contributed by atoms with van der Waals surface area (Å²) in [6.07, 6.45) is 1.16. The third kappa shape index (κ3) is 4.42. The topological polar surface area (TPSA) is 38.8 Å². The van der Waals surface area contributed by atoms with Crippen molar-refractivity contribution in [2.45, 2.75) is 13.3 Å². The van der Waals surface area contributed by atoms with Crippen molar-refractivity contribution in [3.8, 4) is 5.75 Å². The summed E-state index contributed by atoms with van der Waals surface area (Å²) in [6.45, 7) is 6.77. The number of carbonyl (C=O) groups excluding carboxylic acids is 1. The standard InChI is InChI=1S/C15H19BrClNO3/c1-11-13(17)10-12(2-6-19)15(14(11)16)21-9-5-18-3-7-20-8-4-18/h6,10H,2-5,7-9H2,1H3. The number of aldehydes is 1. The smallest absolute Gasteiger partial charge is 0.137 e. The van der Waals surface area contributed by atoms with E-state index >= 15 is 0 Å². The summed E-state index contributed by atoms with van der Waals surface area (Å²) in [6, 6.07) is 1.81. The molecule has 6 heteroatoms. The van der Waals surface area contributed by atoms with Gasteiger partial charge < -0.3 is 14.3 Å². The Morgan fingerprint density at radius 2 is 2.19 bits per heavy atom. The van der Waals surface area contributed by atoms with Gasteiger partial charge in [0, 0.05) is 36.6 Å². The highest BCUT2D eigenvalue weighted by Gasteiger charge is 2.15. The molecule has 1 heterocycles. The number of morpholine rings is 1. The van der Waals surface area contributed by atoms with Crippen LogP contribution < -0.4 is 4.74 Å². The molecule has 1 saturated heterocycles. The van der Waals surface area contributed by atoms with Crippen molar-refractivity contribution in [2.24, 2.45) is 0 Å². The van der Waals surface area contributed by atoms with Crippen molar-refractivity contribution in [1.29, 1.82) is 0 Å². The van der Waals surface area contributed by atoms with Gasteiger partial charge in [-0.3, -0.25) is 4.90 Å². The van der Waals surface area contributed by atoms with Crippen LogP contribution in [0.3, 0.4) is 0 Å². The Kier molecular flexibility index (Phi) is 6.48. The van der Waals surface area contributed by atoms with Crippen molar-refractivity contribution in [1.82, 2.24) is 4.90 Å². The zero-order chi connectivity index (χ0) is 15.2. The third-order valence-electron chi connectivity index (χ3n) is 3.54. The fourth-order valence-electron chi connectivity index (χ4n) is 2.24. The molecule has 0 unspecified atom stereocenters. The van der Waals surface area contributed by atoms with Gasteiger partial charge in [0.25, 0.3) is 0 Å². The number of carbonyl (C=O) groups is 1. The predicted molar refractivity (Wildman–Crippen MR) is 86.4 cm³/mol. The maximum atomic E-state index is 10.8. The van der Waals surface area contributed by atoms with Crippen LogP contribution in [0.5, 0.6) is 5.75 Å². The highest BCUT2D eigenvalue weighted by Crippen LogP contribution is 2.36. The number of hydrogen-bond donors (Lipinski definition) is 0. The second kappa shape index (κ2) is 8.13. The summed E-state index contributed by atoms with van der Waals surface area (Å²) < 4.78 is 12.1. The Morgan fingerprint density at radius 1 is 1.48 bits per heavy atom. The van der Waals surface area contributed by atoms with E-state index in [9.17, 15) is 4.79 Å². The van der Waals surface area contributed by atoms with E-state index in [1.807, 2.05) is 6.92 Å². The van der Waals surface area contributed by atoms with E-state index < -0.39 is 0 Å². The number of benzene rings is 1. The maximum Gasteiger partial charge on any atom is 0.137 e. The van der Waals surface area contributed by atoms with Crippen LogP contribution >= 0.6 is 27.5 Å². The minimum atomic E-state index is 0.297. The van der Waals surface area contributed by atoms with Crippen LogP contribution in [0.15, 0.2) is 10.5 Å². The summed E-state index contributed by atoms with van der Waals surface area (Å²) in [5, 5.41) is 0.638. The molecule has 0 amide bonds. The molecule has 1 aliphatic rings. The molecule has 116 valence electrons. The molecular weight excluding hydrogens is 358 g/mol. The predicted octanol–water partition coefficient (Wildman–Crippen LogP) is 2.86. The Morgan fingerprint density at radius 3 is 2.86 bits per heavy atom. The largest absolute Gasteiger partial charge is 0.491 e. The molecule has 0 spiro atoms. The zero-order valence-electron chi connectivity index (χ0n) is 12.0. The van der Waals surface area contributed by atoms with Crippen LogP contribution in [0.1, 0.15) is 11.1 Å². The first-order valence-corrected chi connectivity index (χ1v) is 8.14. The Bertz CT molecular complexity index is 504. The fourth-order valence-corrected chi connectivity index (χ4v) is 3.16. The van der Waals surface area contributed by atoms with Gasteiger partial charge in [-0.05, 0) is 34.5 Å². The van der Waals surface area contributed by atoms with Gasteiger partial charge in [0.05, 0.1) is 17.7 Å². The molecule has 0 N–H and O–H groups in total. The first-order valence-electron chi connectivity index (χ1n) is 6.97. The van der Waals surface area contributed by atoms with E-state index in [2.05, 4.69) is 20.8 Å². The van der Waals surface area contributed by atoms with Crippen molar-refractivity contribution < 1.29 is 14.3 Å². The van der Waals surface area contributed by atoms with Crippen LogP contribution in [0.25, 0.3) is 0 Å². The molecule has 4 nitrogen and oxygen atoms in total. The van der Waals surface area contributed by atoms with Crippen LogP contribution in [-0.4, -0.2) is 50.6 Å². The fraction of sp³-hybridized carbons (Fsp3) is 0.533. The quantitative estimate of drug-likeness (QED) is 0.716. The van der Waals surface area contributed by atoms with Gasteiger partial charge in [-0.15, -0.1) is 0 Å². The first kappa shape index (κ1) is 16.7. The number of nitrogens with zero attached hydrogens (tertiary/aromatic N) is 1. The van der Waals surface area contributed by atoms with Gasteiger partial charge in [0.2, 0.25) is 0 Å². The molecule has 0 aromatic heterocycles. The Balaban J connectivity index is 2.03. The monoisotopic (exact) mass is 375 g/mol. The second-order valence-corrected chi connectivity index (χ2v) is 6.16. The van der Waals surface area contributed by atoms with Crippen molar-refractivity contribution >= 4 is 33.8 Å². The molecule has 0 atom stereocenters. The molecule has 1 aromatic rings. The lowest BCUT2D eigenvalue weighted by Gasteiger charge is -2.26. The van der Waals surface area contributed by atoms with E-state index in [1.54, 1.807) is 6.07 Å². The highest BCUT2D eigenvalue weighted by molar-refractivity contribution is 9.10. The zero-order valence-corrected chi connectivity index (χ0v) is 14.4. The van der Waals surface area contributed by atoms with Crippen molar-refractivity contribution in [3.63, 3.8) is 0 Å². The second-order valence-electron chi connectivity index (χ2n) is 4.96. The summed E-state index contributed by atoms with van der Waals surface area (Å²) in [5.41, 5.74) is 1.74. The van der Waals surface area contributed by atoms with Gasteiger partial charge >= 0.3 is 0 Å². The molecule has 0 aliphatic carbocycles. The molecule has 0 radical (unpaired) electrons. The minimum absolute atomic E-state index is 0.297. The van der Waals surface area contributed by atoms with Crippen molar-refractivity contribution in [3.05, 3.63) is 26.7 Å². The van der Waals surface area contributed by atoms with Crippen LogP contribution in [0.4, 0.5) is 0 Å².